The lowest BCUT2D eigenvalue weighted by Crippen LogP contribution is -2.36. The summed E-state index contributed by atoms with van der Waals surface area (Å²) in [5.74, 6) is 1.03. The Bertz CT molecular complexity index is 759. The van der Waals surface area contributed by atoms with E-state index in [4.69, 9.17) is 20.9 Å². The number of amidine groups is 1. The molecule has 1 heterocycles. The van der Waals surface area contributed by atoms with Gasteiger partial charge in [0, 0.05) is 17.2 Å². The summed E-state index contributed by atoms with van der Waals surface area (Å²) in [5, 5.41) is 2.90. The minimum atomic E-state index is -0.346. The molecule has 2 saturated carbocycles. The van der Waals surface area contributed by atoms with Crippen LogP contribution in [0, 0.1) is 5.92 Å². The molecule has 146 valence electrons. The number of aromatic nitrogens is 2. The maximum atomic E-state index is 11.9. The highest BCUT2D eigenvalue weighted by Crippen LogP contribution is 2.35. The zero-order valence-corrected chi connectivity index (χ0v) is 15.6. The van der Waals surface area contributed by atoms with Gasteiger partial charge in [-0.3, -0.25) is 4.98 Å². The number of amides is 1. The van der Waals surface area contributed by atoms with Crippen LogP contribution in [0.15, 0.2) is 29.2 Å². The number of rotatable bonds is 6. The Labute approximate surface area is 158 Å². The van der Waals surface area contributed by atoms with Crippen LogP contribution in [0.2, 0.25) is 0 Å². The molecule has 2 aliphatic rings. The summed E-state index contributed by atoms with van der Waals surface area (Å²) in [6.45, 7) is 2.02. The number of alkyl carbamates (subject to hydrolysis) is 1. The molecule has 0 spiro atoms. The van der Waals surface area contributed by atoms with Crippen molar-refractivity contribution in [1.29, 1.82) is 0 Å². The molecule has 9 nitrogen and oxygen atoms in total. The van der Waals surface area contributed by atoms with Crippen LogP contribution in [0.3, 0.4) is 0 Å². The summed E-state index contributed by atoms with van der Waals surface area (Å²) in [5.41, 5.74) is 12.7. The number of nitrogens with one attached hydrogen (secondary N) is 1. The van der Waals surface area contributed by atoms with E-state index in [1.165, 1.54) is 19.5 Å². The zero-order chi connectivity index (χ0) is 19.4. The smallest absolute Gasteiger partial charge is 0.407 e. The predicted molar refractivity (Wildman–Crippen MR) is 101 cm³/mol. The van der Waals surface area contributed by atoms with Crippen molar-refractivity contribution >= 4 is 17.7 Å². The van der Waals surface area contributed by atoms with Crippen molar-refractivity contribution in [3.63, 3.8) is 0 Å². The maximum Gasteiger partial charge on any atom is 0.407 e. The number of ether oxygens (including phenoxy) is 2. The van der Waals surface area contributed by atoms with Gasteiger partial charge in [0.1, 0.15) is 11.9 Å². The molecular formula is C18H26N6O3. The summed E-state index contributed by atoms with van der Waals surface area (Å²) in [6, 6.07) is 0. The zero-order valence-electron chi connectivity index (χ0n) is 15.6. The molecule has 0 aliphatic heterocycles. The fourth-order valence-corrected chi connectivity index (χ4v) is 3.03. The van der Waals surface area contributed by atoms with Crippen molar-refractivity contribution in [2.45, 2.75) is 50.7 Å². The van der Waals surface area contributed by atoms with E-state index in [1.54, 1.807) is 6.08 Å². The van der Waals surface area contributed by atoms with Gasteiger partial charge in [-0.15, -0.1) is 0 Å². The van der Waals surface area contributed by atoms with Crippen LogP contribution < -0.4 is 21.5 Å². The monoisotopic (exact) mass is 374 g/mol. The van der Waals surface area contributed by atoms with Crippen LogP contribution in [-0.2, 0) is 4.74 Å². The highest BCUT2D eigenvalue weighted by atomic mass is 16.6. The number of nitrogens with zero attached hydrogens (tertiary/aromatic N) is 3. The Balaban J connectivity index is 1.54. The number of aliphatic imine (C=N–C) groups is 1. The topological polar surface area (TPSA) is 138 Å². The molecule has 27 heavy (non-hydrogen) atoms. The van der Waals surface area contributed by atoms with Crippen molar-refractivity contribution in [2.24, 2.45) is 22.4 Å². The van der Waals surface area contributed by atoms with Crippen molar-refractivity contribution in [1.82, 2.24) is 15.3 Å². The molecule has 2 aliphatic carbocycles. The molecule has 3 rings (SSSR count). The SMILES string of the molecule is COc1cncc(/N=C(N)\C=C(/N)C2CCC(OC(=O)NC3(C)CC3)C2)n1. The van der Waals surface area contributed by atoms with E-state index in [0.29, 0.717) is 23.8 Å². The molecule has 1 aromatic heterocycles. The molecule has 0 aromatic carbocycles. The Kier molecular flexibility index (Phi) is 5.48. The lowest BCUT2D eigenvalue weighted by atomic mass is 10.0. The highest BCUT2D eigenvalue weighted by Gasteiger charge is 2.40. The Morgan fingerprint density at radius 2 is 2.15 bits per heavy atom. The van der Waals surface area contributed by atoms with Crippen LogP contribution in [0.5, 0.6) is 5.88 Å². The van der Waals surface area contributed by atoms with Crippen LogP contribution in [-0.4, -0.2) is 40.6 Å². The second-order valence-electron chi connectivity index (χ2n) is 7.32. The number of allylic oxidation sites excluding steroid dienone is 1. The molecule has 2 fully saturated rings. The van der Waals surface area contributed by atoms with Crippen molar-refractivity contribution in [3.8, 4) is 5.88 Å². The van der Waals surface area contributed by atoms with Gasteiger partial charge in [0.2, 0.25) is 5.88 Å². The van der Waals surface area contributed by atoms with Crippen molar-refractivity contribution in [2.75, 3.05) is 7.11 Å². The normalized spacial score (nSPS) is 24.4. The predicted octanol–water partition coefficient (Wildman–Crippen LogP) is 1.76. The van der Waals surface area contributed by atoms with E-state index in [0.717, 1.165) is 25.7 Å². The first kappa shape index (κ1) is 18.9. The van der Waals surface area contributed by atoms with Gasteiger partial charge in [-0.05, 0) is 45.1 Å². The van der Waals surface area contributed by atoms with Crippen LogP contribution in [0.4, 0.5) is 10.6 Å². The van der Waals surface area contributed by atoms with E-state index in [9.17, 15) is 4.79 Å². The first-order valence-electron chi connectivity index (χ1n) is 9.03. The number of methoxy groups -OCH3 is 1. The van der Waals surface area contributed by atoms with Crippen LogP contribution in [0.1, 0.15) is 39.0 Å². The summed E-state index contributed by atoms with van der Waals surface area (Å²) < 4.78 is 10.5. The fraction of sp³-hybridized carbons (Fsp3) is 0.556. The molecule has 2 unspecified atom stereocenters. The van der Waals surface area contributed by atoms with Crippen molar-refractivity contribution < 1.29 is 14.3 Å². The molecule has 0 radical (unpaired) electrons. The van der Waals surface area contributed by atoms with Gasteiger partial charge >= 0.3 is 6.09 Å². The third-order valence-corrected chi connectivity index (χ3v) is 4.90. The molecule has 0 bridgehead atoms. The lowest BCUT2D eigenvalue weighted by Gasteiger charge is -2.16. The summed E-state index contributed by atoms with van der Waals surface area (Å²) in [4.78, 5) is 24.2. The highest BCUT2D eigenvalue weighted by molar-refractivity contribution is 5.93. The third kappa shape index (κ3) is 5.32. The Hall–Kier alpha value is -2.84. The molecule has 0 saturated heterocycles. The summed E-state index contributed by atoms with van der Waals surface area (Å²) >= 11 is 0. The largest absolute Gasteiger partial charge is 0.480 e. The second-order valence-corrected chi connectivity index (χ2v) is 7.32. The fourth-order valence-electron chi connectivity index (χ4n) is 3.03. The van der Waals surface area contributed by atoms with Gasteiger partial charge < -0.3 is 26.3 Å². The first-order valence-corrected chi connectivity index (χ1v) is 9.03. The van der Waals surface area contributed by atoms with E-state index < -0.39 is 0 Å². The number of carbonyl (C=O) groups excluding carboxylic acids is 1. The minimum absolute atomic E-state index is 0.0814. The Morgan fingerprint density at radius 3 is 2.85 bits per heavy atom. The molecule has 9 heteroatoms. The van der Waals surface area contributed by atoms with E-state index >= 15 is 0 Å². The van der Waals surface area contributed by atoms with Gasteiger partial charge in [0.15, 0.2) is 5.82 Å². The average molecular weight is 374 g/mol. The molecule has 1 amide bonds. The van der Waals surface area contributed by atoms with Crippen molar-refractivity contribution in [3.05, 3.63) is 24.2 Å². The van der Waals surface area contributed by atoms with E-state index in [2.05, 4.69) is 20.3 Å². The van der Waals surface area contributed by atoms with Gasteiger partial charge in [-0.1, -0.05) is 0 Å². The number of nitrogens with two attached hydrogens (primary N) is 2. The van der Waals surface area contributed by atoms with Gasteiger partial charge in [-0.2, -0.15) is 4.98 Å². The second kappa shape index (κ2) is 7.81. The number of carbonyl (C=O) groups is 1. The average Bonchev–Trinajstić information content (AvgIpc) is 3.15. The summed E-state index contributed by atoms with van der Waals surface area (Å²) in [6.07, 6.45) is 8.41. The molecular weight excluding hydrogens is 348 g/mol. The molecule has 5 N–H and O–H groups in total. The van der Waals surface area contributed by atoms with E-state index in [1.807, 2.05) is 6.92 Å². The standard InChI is InChI=1S/C18H26N6O3/c1-18(5-6-18)24-17(25)27-12-4-3-11(7-12)13(19)8-14(20)22-15-9-21-10-16(23-15)26-2/h8-12H,3-7,19H2,1-2H3,(H,24,25)(H2,20,22,23)/b13-8-. The van der Waals surface area contributed by atoms with Gasteiger partial charge in [0.25, 0.3) is 0 Å². The molecule has 2 atom stereocenters. The minimum Gasteiger partial charge on any atom is -0.480 e. The maximum absolute atomic E-state index is 11.9. The number of hydrogen-bond acceptors (Lipinski definition) is 7. The van der Waals surface area contributed by atoms with Crippen LogP contribution in [0.25, 0.3) is 0 Å². The Morgan fingerprint density at radius 1 is 1.37 bits per heavy atom. The molecule has 1 aromatic rings. The third-order valence-electron chi connectivity index (χ3n) is 4.90. The summed E-state index contributed by atoms with van der Waals surface area (Å²) in [7, 11) is 1.50. The van der Waals surface area contributed by atoms with E-state index in [-0.39, 0.29) is 29.5 Å². The number of hydrogen-bond donors (Lipinski definition) is 3. The first-order chi connectivity index (χ1) is 12.9. The lowest BCUT2D eigenvalue weighted by molar-refractivity contribution is 0.0960. The van der Waals surface area contributed by atoms with Crippen LogP contribution >= 0.6 is 0 Å². The van der Waals surface area contributed by atoms with Gasteiger partial charge in [0.05, 0.1) is 19.5 Å². The quantitative estimate of drug-likeness (QED) is 0.509. The van der Waals surface area contributed by atoms with Gasteiger partial charge in [-0.25, -0.2) is 9.79 Å².